The van der Waals surface area contributed by atoms with E-state index in [-0.39, 0.29) is 18.4 Å². The van der Waals surface area contributed by atoms with E-state index in [4.69, 9.17) is 14.2 Å². The van der Waals surface area contributed by atoms with Crippen LogP contribution in [0, 0.1) is 40.9 Å². The molecule has 8 rings (SSSR count). The van der Waals surface area contributed by atoms with Crippen LogP contribution in [0.15, 0.2) is 24.3 Å². The zero-order valence-corrected chi connectivity index (χ0v) is 25.7. The summed E-state index contributed by atoms with van der Waals surface area (Å²) < 4.78 is 18.7. The Bertz CT molecular complexity index is 1010. The van der Waals surface area contributed by atoms with Crippen LogP contribution < -0.4 is 0 Å². The van der Waals surface area contributed by atoms with Crippen LogP contribution in [0.3, 0.4) is 0 Å². The Kier molecular flexibility index (Phi) is 7.05. The number of carbonyl (C=O) groups is 3. The molecule has 0 aliphatic heterocycles. The Morgan fingerprint density at radius 3 is 1.29 bits per heavy atom. The standard InChI is InChI=1S/C35H50O6/c1-21(2)13-35(14-22(3)29(36)39-32(4,5)6,30(37)40-33-15-23-7-24(16-33)9-25(8-23)17-33)31(38)41-34-18-26-10-27(19-34)12-28(11-26)20-34/h23-28H,1,3,7-20H2,2,4-6H3. The van der Waals surface area contributed by atoms with Crippen molar-refractivity contribution in [3.8, 4) is 0 Å². The highest BCUT2D eigenvalue weighted by Crippen LogP contribution is 2.59. The first-order chi connectivity index (χ1) is 19.2. The first-order valence-electron chi connectivity index (χ1n) is 16.2. The number of esters is 3. The van der Waals surface area contributed by atoms with Crippen molar-refractivity contribution in [3.63, 3.8) is 0 Å². The Balaban J connectivity index is 1.32. The van der Waals surface area contributed by atoms with Gasteiger partial charge in [0.25, 0.3) is 0 Å². The molecule has 0 amide bonds. The largest absolute Gasteiger partial charge is 0.458 e. The first kappa shape index (κ1) is 29.0. The summed E-state index contributed by atoms with van der Waals surface area (Å²) in [6.45, 7) is 15.3. The van der Waals surface area contributed by atoms with Crippen molar-refractivity contribution in [2.75, 3.05) is 0 Å². The van der Waals surface area contributed by atoms with Gasteiger partial charge in [0.15, 0.2) is 5.41 Å². The molecule has 8 fully saturated rings. The van der Waals surface area contributed by atoms with Crippen LogP contribution in [0.25, 0.3) is 0 Å². The minimum Gasteiger partial charge on any atom is -0.458 e. The maximum atomic E-state index is 14.6. The van der Waals surface area contributed by atoms with E-state index in [1.165, 1.54) is 38.5 Å². The van der Waals surface area contributed by atoms with Crippen LogP contribution in [0.5, 0.6) is 0 Å². The topological polar surface area (TPSA) is 78.9 Å². The lowest BCUT2D eigenvalue weighted by molar-refractivity contribution is -0.213. The Hall–Kier alpha value is -2.11. The summed E-state index contributed by atoms with van der Waals surface area (Å²) >= 11 is 0. The Morgan fingerprint density at radius 2 is 1.00 bits per heavy atom. The van der Waals surface area contributed by atoms with E-state index < -0.39 is 40.1 Å². The predicted octanol–water partition coefficient (Wildman–Crippen LogP) is 7.25. The van der Waals surface area contributed by atoms with Crippen LogP contribution in [0.4, 0.5) is 0 Å². The van der Waals surface area contributed by atoms with E-state index in [0.29, 0.717) is 41.1 Å². The average molecular weight is 567 g/mol. The summed E-state index contributed by atoms with van der Waals surface area (Å²) in [6, 6.07) is 0. The molecule has 0 unspecified atom stereocenters. The molecule has 0 aromatic rings. The molecule has 8 saturated carbocycles. The molecular formula is C35H50O6. The molecule has 0 aromatic heterocycles. The zero-order valence-electron chi connectivity index (χ0n) is 25.7. The number of allylic oxidation sites excluding steroid dienone is 1. The SMILES string of the molecule is C=C(C)CC(CC(=C)C(=O)OC(C)(C)C)(C(=O)OC12CC3CC(CC(C3)C1)C2)C(=O)OC12CC3CC(CC(C3)C1)C2. The highest BCUT2D eigenvalue weighted by molar-refractivity contribution is 6.03. The van der Waals surface area contributed by atoms with Crippen LogP contribution in [-0.4, -0.2) is 34.7 Å². The average Bonchev–Trinajstić information content (AvgIpc) is 2.79. The van der Waals surface area contributed by atoms with E-state index in [0.717, 1.165) is 38.5 Å². The molecule has 41 heavy (non-hydrogen) atoms. The number of rotatable bonds is 9. The molecule has 6 heteroatoms. The van der Waals surface area contributed by atoms with E-state index in [1.54, 1.807) is 20.8 Å². The molecule has 8 bridgehead atoms. The van der Waals surface area contributed by atoms with Crippen molar-refractivity contribution in [2.24, 2.45) is 40.9 Å². The summed E-state index contributed by atoms with van der Waals surface area (Å²) in [6.07, 6.45) is 12.4. The zero-order chi connectivity index (χ0) is 29.4. The molecule has 226 valence electrons. The quantitative estimate of drug-likeness (QED) is 0.0962. The van der Waals surface area contributed by atoms with Crippen molar-refractivity contribution in [3.05, 3.63) is 24.3 Å². The fourth-order valence-corrected chi connectivity index (χ4v) is 10.6. The smallest absolute Gasteiger partial charge is 0.333 e. The van der Waals surface area contributed by atoms with Gasteiger partial charge in [-0.2, -0.15) is 0 Å². The second kappa shape index (κ2) is 9.98. The second-order valence-corrected chi connectivity index (χ2v) is 16.5. The highest BCUT2D eigenvalue weighted by atomic mass is 16.6. The molecule has 0 atom stereocenters. The van der Waals surface area contributed by atoms with Gasteiger partial charge < -0.3 is 14.2 Å². The van der Waals surface area contributed by atoms with E-state index in [1.807, 2.05) is 6.92 Å². The third kappa shape index (κ3) is 5.66. The third-order valence-corrected chi connectivity index (χ3v) is 11.2. The van der Waals surface area contributed by atoms with Crippen molar-refractivity contribution in [2.45, 2.75) is 134 Å². The van der Waals surface area contributed by atoms with Gasteiger partial charge in [-0.1, -0.05) is 12.2 Å². The molecule has 0 spiro atoms. The number of carbonyl (C=O) groups excluding carboxylic acids is 3. The van der Waals surface area contributed by atoms with Crippen LogP contribution in [0.1, 0.15) is 118 Å². The van der Waals surface area contributed by atoms with Crippen LogP contribution in [-0.2, 0) is 28.6 Å². The monoisotopic (exact) mass is 566 g/mol. The van der Waals surface area contributed by atoms with Crippen LogP contribution in [0.2, 0.25) is 0 Å². The second-order valence-electron chi connectivity index (χ2n) is 16.5. The van der Waals surface area contributed by atoms with Crippen molar-refractivity contribution in [1.82, 2.24) is 0 Å². The molecule has 8 aliphatic carbocycles. The summed E-state index contributed by atoms with van der Waals surface area (Å²) in [5.41, 5.74) is -2.73. The van der Waals surface area contributed by atoms with E-state index in [2.05, 4.69) is 13.2 Å². The van der Waals surface area contributed by atoms with Gasteiger partial charge >= 0.3 is 17.9 Å². The summed E-state index contributed by atoms with van der Waals surface area (Å²) in [7, 11) is 0. The van der Waals surface area contributed by atoms with Gasteiger partial charge in [0.05, 0.1) is 0 Å². The Labute approximate surface area is 246 Å². The highest BCUT2D eigenvalue weighted by Gasteiger charge is 2.60. The summed E-state index contributed by atoms with van der Waals surface area (Å²) in [5.74, 6) is 1.76. The van der Waals surface area contributed by atoms with Gasteiger partial charge in [-0.25, -0.2) is 4.79 Å². The van der Waals surface area contributed by atoms with Crippen molar-refractivity contribution >= 4 is 17.9 Å². The lowest BCUT2D eigenvalue weighted by Crippen LogP contribution is -2.57. The van der Waals surface area contributed by atoms with Gasteiger partial charge in [-0.3, -0.25) is 9.59 Å². The molecule has 0 radical (unpaired) electrons. The molecule has 0 heterocycles. The molecule has 0 saturated heterocycles. The lowest BCUT2D eigenvalue weighted by Gasteiger charge is -2.57. The van der Waals surface area contributed by atoms with Crippen LogP contribution >= 0.6 is 0 Å². The maximum Gasteiger partial charge on any atom is 0.333 e. The predicted molar refractivity (Wildman–Crippen MR) is 155 cm³/mol. The first-order valence-corrected chi connectivity index (χ1v) is 16.2. The van der Waals surface area contributed by atoms with Gasteiger partial charge in [0.1, 0.15) is 16.8 Å². The number of ether oxygens (including phenoxy) is 3. The van der Waals surface area contributed by atoms with Gasteiger partial charge in [0.2, 0.25) is 0 Å². The van der Waals surface area contributed by atoms with Gasteiger partial charge in [0, 0.05) is 12.0 Å². The summed E-state index contributed by atoms with van der Waals surface area (Å²) in [5, 5.41) is 0. The molecule has 0 N–H and O–H groups in total. The molecule has 8 aliphatic rings. The minimum absolute atomic E-state index is 0.0607. The Morgan fingerprint density at radius 1 is 0.659 bits per heavy atom. The van der Waals surface area contributed by atoms with Gasteiger partial charge in [-0.15, -0.1) is 6.58 Å². The molecule has 6 nitrogen and oxygen atoms in total. The number of hydrogen-bond acceptors (Lipinski definition) is 6. The number of hydrogen-bond donors (Lipinski definition) is 0. The third-order valence-electron chi connectivity index (χ3n) is 11.2. The normalized spacial score (nSPS) is 39.6. The van der Waals surface area contributed by atoms with Gasteiger partial charge in [-0.05, 0) is 147 Å². The van der Waals surface area contributed by atoms with E-state index in [9.17, 15) is 14.4 Å². The van der Waals surface area contributed by atoms with Crippen molar-refractivity contribution < 1.29 is 28.6 Å². The van der Waals surface area contributed by atoms with Crippen molar-refractivity contribution in [1.29, 1.82) is 0 Å². The minimum atomic E-state index is -1.72. The summed E-state index contributed by atoms with van der Waals surface area (Å²) in [4.78, 5) is 42.3. The fourth-order valence-electron chi connectivity index (χ4n) is 10.6. The lowest BCUT2D eigenvalue weighted by atomic mass is 9.54. The van der Waals surface area contributed by atoms with E-state index >= 15 is 0 Å². The maximum absolute atomic E-state index is 14.6. The molecule has 0 aromatic carbocycles. The molecular weight excluding hydrogens is 516 g/mol. The fraction of sp³-hybridized carbons (Fsp3) is 0.800.